The Balaban J connectivity index is 1.38. The van der Waals surface area contributed by atoms with Crippen molar-refractivity contribution in [2.24, 2.45) is 0 Å². The Kier molecular flexibility index (Phi) is 5.06. The maximum atomic E-state index is 12.9. The van der Waals surface area contributed by atoms with E-state index in [9.17, 15) is 4.79 Å². The molecule has 4 aromatic carbocycles. The van der Waals surface area contributed by atoms with Gasteiger partial charge in [0, 0.05) is 11.1 Å². The zero-order valence-corrected chi connectivity index (χ0v) is 17.1. The maximum Gasteiger partial charge on any atom is 0.235 e. The molecule has 0 atom stereocenters. The lowest BCUT2D eigenvalue weighted by molar-refractivity contribution is 0.306. The number of hydrogen-bond donors (Lipinski definition) is 0. The van der Waals surface area contributed by atoms with Crippen LogP contribution in [0.4, 0.5) is 0 Å². The van der Waals surface area contributed by atoms with Crippen molar-refractivity contribution in [3.05, 3.63) is 112 Å². The standard InChI is InChI=1S/C26H17ClO4/c27-20-8-5-17(6-9-20)15-29-21-11-12-23-24(14-21)30-16-25(26(23)28)31-22-10-7-18-3-1-2-4-19(18)13-22/h1-14,16H,15H2. The normalized spacial score (nSPS) is 11.0. The van der Waals surface area contributed by atoms with Gasteiger partial charge >= 0.3 is 0 Å². The fraction of sp³-hybridized carbons (Fsp3) is 0.0385. The van der Waals surface area contributed by atoms with E-state index in [4.69, 9.17) is 25.5 Å². The number of fused-ring (bicyclic) bond motifs is 2. The van der Waals surface area contributed by atoms with Crippen LogP contribution in [0.1, 0.15) is 5.56 Å². The van der Waals surface area contributed by atoms with E-state index in [1.807, 2.05) is 66.7 Å². The van der Waals surface area contributed by atoms with Crippen molar-refractivity contribution in [2.45, 2.75) is 6.61 Å². The van der Waals surface area contributed by atoms with Gasteiger partial charge in [0.25, 0.3) is 0 Å². The number of hydrogen-bond acceptors (Lipinski definition) is 4. The minimum absolute atomic E-state index is 0.137. The predicted octanol–water partition coefficient (Wildman–Crippen LogP) is 6.97. The summed E-state index contributed by atoms with van der Waals surface area (Å²) < 4.78 is 17.3. The highest BCUT2D eigenvalue weighted by molar-refractivity contribution is 6.30. The smallest absolute Gasteiger partial charge is 0.235 e. The molecule has 5 aromatic rings. The first-order chi connectivity index (χ1) is 15.2. The van der Waals surface area contributed by atoms with E-state index in [-0.39, 0.29) is 11.2 Å². The molecule has 152 valence electrons. The van der Waals surface area contributed by atoms with Gasteiger partial charge in [-0.05, 0) is 52.7 Å². The van der Waals surface area contributed by atoms with Gasteiger partial charge < -0.3 is 13.9 Å². The molecule has 31 heavy (non-hydrogen) atoms. The number of benzene rings is 4. The van der Waals surface area contributed by atoms with E-state index >= 15 is 0 Å². The number of ether oxygens (including phenoxy) is 2. The summed E-state index contributed by atoms with van der Waals surface area (Å²) in [5.41, 5.74) is 1.19. The van der Waals surface area contributed by atoms with E-state index in [2.05, 4.69) is 0 Å². The van der Waals surface area contributed by atoms with Crippen molar-refractivity contribution in [3.8, 4) is 17.2 Å². The van der Waals surface area contributed by atoms with Crippen molar-refractivity contribution < 1.29 is 13.9 Å². The van der Waals surface area contributed by atoms with Gasteiger partial charge in [-0.25, -0.2) is 0 Å². The molecule has 0 amide bonds. The maximum absolute atomic E-state index is 12.9. The van der Waals surface area contributed by atoms with Crippen LogP contribution in [0.15, 0.2) is 100 Å². The monoisotopic (exact) mass is 428 g/mol. The third-order valence-electron chi connectivity index (χ3n) is 4.98. The molecule has 5 heteroatoms. The lowest BCUT2D eigenvalue weighted by Crippen LogP contribution is -2.05. The van der Waals surface area contributed by atoms with E-state index in [1.54, 1.807) is 18.2 Å². The topological polar surface area (TPSA) is 48.7 Å². The summed E-state index contributed by atoms with van der Waals surface area (Å²) >= 11 is 5.91. The van der Waals surface area contributed by atoms with Crippen LogP contribution in [0.2, 0.25) is 5.02 Å². The Morgan fingerprint density at radius 2 is 1.58 bits per heavy atom. The lowest BCUT2D eigenvalue weighted by Gasteiger charge is -2.09. The van der Waals surface area contributed by atoms with Crippen LogP contribution in [0.3, 0.4) is 0 Å². The number of rotatable bonds is 5. The molecule has 0 unspecified atom stereocenters. The molecule has 0 aliphatic rings. The molecule has 0 bridgehead atoms. The fourth-order valence-corrected chi connectivity index (χ4v) is 3.48. The molecule has 0 aliphatic heterocycles. The molecular formula is C26H17ClO4. The van der Waals surface area contributed by atoms with Gasteiger partial charge in [-0.3, -0.25) is 4.79 Å². The van der Waals surface area contributed by atoms with Crippen molar-refractivity contribution in [1.29, 1.82) is 0 Å². The summed E-state index contributed by atoms with van der Waals surface area (Å²) in [7, 11) is 0. The molecular weight excluding hydrogens is 412 g/mol. The molecule has 0 aliphatic carbocycles. The molecule has 1 aromatic heterocycles. The minimum Gasteiger partial charge on any atom is -0.489 e. The summed E-state index contributed by atoms with van der Waals surface area (Å²) in [6, 6.07) is 26.2. The largest absolute Gasteiger partial charge is 0.489 e. The van der Waals surface area contributed by atoms with Crippen LogP contribution in [0.5, 0.6) is 17.2 Å². The van der Waals surface area contributed by atoms with Crippen LogP contribution >= 0.6 is 11.6 Å². The van der Waals surface area contributed by atoms with E-state index in [0.29, 0.717) is 34.1 Å². The Morgan fingerprint density at radius 3 is 2.42 bits per heavy atom. The second kappa shape index (κ2) is 8.17. The first-order valence-corrected chi connectivity index (χ1v) is 10.1. The van der Waals surface area contributed by atoms with Crippen molar-refractivity contribution >= 4 is 33.3 Å². The van der Waals surface area contributed by atoms with Crippen molar-refractivity contribution in [3.63, 3.8) is 0 Å². The molecule has 4 nitrogen and oxygen atoms in total. The van der Waals surface area contributed by atoms with E-state index in [0.717, 1.165) is 16.3 Å². The van der Waals surface area contributed by atoms with Gasteiger partial charge in [0.15, 0.2) is 0 Å². The quantitative estimate of drug-likeness (QED) is 0.303. The van der Waals surface area contributed by atoms with Gasteiger partial charge in [0.05, 0.1) is 5.39 Å². The Morgan fingerprint density at radius 1 is 0.806 bits per heavy atom. The molecule has 0 fully saturated rings. The Labute approximate surface area is 183 Å². The first kappa shape index (κ1) is 19.2. The van der Waals surface area contributed by atoms with E-state index < -0.39 is 0 Å². The third kappa shape index (κ3) is 4.11. The second-order valence-electron chi connectivity index (χ2n) is 7.11. The minimum atomic E-state index is -0.237. The van der Waals surface area contributed by atoms with Gasteiger partial charge in [-0.2, -0.15) is 0 Å². The highest BCUT2D eigenvalue weighted by Crippen LogP contribution is 2.27. The molecule has 5 rings (SSSR count). The highest BCUT2D eigenvalue weighted by Gasteiger charge is 2.11. The molecule has 0 radical (unpaired) electrons. The van der Waals surface area contributed by atoms with Gasteiger partial charge in [-0.15, -0.1) is 0 Å². The molecule has 0 spiro atoms. The zero-order chi connectivity index (χ0) is 21.2. The zero-order valence-electron chi connectivity index (χ0n) is 16.4. The van der Waals surface area contributed by atoms with Gasteiger partial charge in [0.1, 0.15) is 30.0 Å². The first-order valence-electron chi connectivity index (χ1n) is 9.75. The SMILES string of the molecule is O=c1c(Oc2ccc3ccccc3c2)coc2cc(OCc3ccc(Cl)cc3)ccc12. The summed E-state index contributed by atoms with van der Waals surface area (Å²) in [4.78, 5) is 12.9. The average Bonchev–Trinajstić information content (AvgIpc) is 2.80. The van der Waals surface area contributed by atoms with Crippen LogP contribution in [0, 0.1) is 0 Å². The molecule has 0 saturated carbocycles. The highest BCUT2D eigenvalue weighted by atomic mass is 35.5. The van der Waals surface area contributed by atoms with Crippen molar-refractivity contribution in [2.75, 3.05) is 0 Å². The molecule has 0 saturated heterocycles. The molecule has 1 heterocycles. The summed E-state index contributed by atoms with van der Waals surface area (Å²) in [5.74, 6) is 1.32. The average molecular weight is 429 g/mol. The summed E-state index contributed by atoms with van der Waals surface area (Å²) in [5, 5.41) is 3.24. The second-order valence-corrected chi connectivity index (χ2v) is 7.55. The lowest BCUT2D eigenvalue weighted by atomic mass is 10.1. The van der Waals surface area contributed by atoms with Crippen LogP contribution in [-0.4, -0.2) is 0 Å². The van der Waals surface area contributed by atoms with Gasteiger partial charge in [-0.1, -0.05) is 54.1 Å². The Bertz CT molecular complexity index is 1440. The van der Waals surface area contributed by atoms with Gasteiger partial charge in [0.2, 0.25) is 11.2 Å². The third-order valence-corrected chi connectivity index (χ3v) is 5.23. The van der Waals surface area contributed by atoms with Crippen LogP contribution < -0.4 is 14.9 Å². The number of halogens is 1. The Hall–Kier alpha value is -3.76. The fourth-order valence-electron chi connectivity index (χ4n) is 3.36. The van der Waals surface area contributed by atoms with E-state index in [1.165, 1.54) is 6.26 Å². The van der Waals surface area contributed by atoms with Crippen molar-refractivity contribution in [1.82, 2.24) is 0 Å². The summed E-state index contributed by atoms with van der Waals surface area (Å²) in [6.07, 6.45) is 1.34. The van der Waals surface area contributed by atoms with Crippen LogP contribution in [-0.2, 0) is 6.61 Å². The predicted molar refractivity (Wildman–Crippen MR) is 122 cm³/mol. The summed E-state index contributed by atoms with van der Waals surface area (Å²) in [6.45, 7) is 0.385. The van der Waals surface area contributed by atoms with Crippen LogP contribution in [0.25, 0.3) is 21.7 Å². The molecule has 0 N–H and O–H groups in total.